The van der Waals surface area contributed by atoms with Crippen LogP contribution in [0.1, 0.15) is 63.4 Å². The molecule has 1 heterocycles. The minimum atomic E-state index is -4.43. The van der Waals surface area contributed by atoms with Crippen LogP contribution in [0.15, 0.2) is 18.2 Å². The van der Waals surface area contributed by atoms with Gasteiger partial charge in [-0.3, -0.25) is 9.69 Å². The predicted molar refractivity (Wildman–Crippen MR) is 132 cm³/mol. The predicted octanol–water partition coefficient (Wildman–Crippen LogP) is 4.91. The van der Waals surface area contributed by atoms with Crippen molar-refractivity contribution in [2.45, 2.75) is 64.0 Å². The first-order valence-corrected chi connectivity index (χ1v) is 13.4. The Labute approximate surface area is 206 Å². The molecule has 4 bridgehead atoms. The first-order chi connectivity index (χ1) is 16.7. The van der Waals surface area contributed by atoms with Crippen LogP contribution in [-0.2, 0) is 11.0 Å². The van der Waals surface area contributed by atoms with E-state index >= 15 is 0 Å². The Morgan fingerprint density at radius 1 is 0.971 bits per heavy atom. The summed E-state index contributed by atoms with van der Waals surface area (Å²) in [7, 11) is 0. The number of hydrogen-bond acceptors (Lipinski definition) is 4. The highest BCUT2D eigenvalue weighted by atomic mass is 19.4. The van der Waals surface area contributed by atoms with Gasteiger partial charge in [-0.05, 0) is 93.9 Å². The highest BCUT2D eigenvalue weighted by molar-refractivity contribution is 5.83. The van der Waals surface area contributed by atoms with E-state index in [1.54, 1.807) is 6.07 Å². The molecule has 0 aromatic heterocycles. The van der Waals surface area contributed by atoms with Crippen LogP contribution in [0.25, 0.3) is 0 Å². The quantitative estimate of drug-likeness (QED) is 0.400. The van der Waals surface area contributed by atoms with Gasteiger partial charge in [-0.15, -0.1) is 0 Å². The fourth-order valence-corrected chi connectivity index (χ4v) is 7.63. The molecule has 5 aliphatic rings. The maximum absolute atomic E-state index is 13.2. The van der Waals surface area contributed by atoms with Gasteiger partial charge in [-0.2, -0.15) is 13.2 Å². The third-order valence-electron chi connectivity index (χ3n) is 9.04. The fourth-order valence-electron chi connectivity index (χ4n) is 7.63. The third-order valence-corrected chi connectivity index (χ3v) is 9.04. The molecular weight excluding hydrogens is 453 g/mol. The summed E-state index contributed by atoms with van der Waals surface area (Å²) in [5.41, 5.74) is 5.07. The highest BCUT2D eigenvalue weighted by Crippen LogP contribution is 2.60. The molecule has 1 saturated heterocycles. The fraction of sp³-hybridized carbons (Fsp3) is 0.741. The Morgan fingerprint density at radius 3 is 2.20 bits per heavy atom. The van der Waals surface area contributed by atoms with Gasteiger partial charge in [-0.1, -0.05) is 6.42 Å². The number of unbranched alkanes of at least 4 members (excludes halogenated alkanes) is 2. The van der Waals surface area contributed by atoms with Crippen LogP contribution in [0.2, 0.25) is 0 Å². The minimum absolute atomic E-state index is 0.0558. The van der Waals surface area contributed by atoms with Gasteiger partial charge in [-0.25, -0.2) is 0 Å². The second-order valence-corrected chi connectivity index (χ2v) is 11.6. The van der Waals surface area contributed by atoms with Gasteiger partial charge in [0.05, 0.1) is 5.56 Å². The van der Waals surface area contributed by atoms with Gasteiger partial charge in [0, 0.05) is 49.5 Å². The summed E-state index contributed by atoms with van der Waals surface area (Å²) >= 11 is 0. The molecular formula is C27H39F3N4O. The lowest BCUT2D eigenvalue weighted by Gasteiger charge is -2.55. The van der Waals surface area contributed by atoms with Crippen molar-refractivity contribution in [3.63, 3.8) is 0 Å². The molecule has 4 aliphatic carbocycles. The molecule has 4 saturated carbocycles. The molecule has 1 amide bonds. The van der Waals surface area contributed by atoms with E-state index < -0.39 is 11.7 Å². The largest absolute Gasteiger partial charge is 0.418 e. The number of amides is 1. The number of alkyl halides is 3. The van der Waals surface area contributed by atoms with Gasteiger partial charge in [0.25, 0.3) is 0 Å². The number of nitrogens with two attached hydrogens (primary N) is 1. The van der Waals surface area contributed by atoms with Crippen molar-refractivity contribution < 1.29 is 18.0 Å². The number of piperazine rings is 1. The monoisotopic (exact) mass is 492 g/mol. The number of rotatable bonds is 8. The second-order valence-electron chi connectivity index (χ2n) is 11.6. The molecule has 1 aromatic carbocycles. The topological polar surface area (TPSA) is 61.6 Å². The first kappa shape index (κ1) is 24.7. The molecule has 194 valence electrons. The second kappa shape index (κ2) is 9.83. The molecule has 1 aromatic rings. The van der Waals surface area contributed by atoms with Gasteiger partial charge >= 0.3 is 6.18 Å². The van der Waals surface area contributed by atoms with Gasteiger partial charge in [0.2, 0.25) is 5.91 Å². The maximum atomic E-state index is 13.2. The van der Waals surface area contributed by atoms with E-state index in [1.165, 1.54) is 31.4 Å². The zero-order valence-electron chi connectivity index (χ0n) is 20.6. The number of hydrogen-bond donors (Lipinski definition) is 2. The first-order valence-electron chi connectivity index (χ1n) is 13.4. The number of nitrogens with zero attached hydrogens (tertiary/aromatic N) is 2. The summed E-state index contributed by atoms with van der Waals surface area (Å²) in [6.45, 7) is 4.87. The van der Waals surface area contributed by atoms with E-state index in [4.69, 9.17) is 5.73 Å². The number of nitrogens with one attached hydrogen (secondary N) is 1. The number of carbonyl (C=O) groups is 1. The number of benzene rings is 1. The lowest BCUT2D eigenvalue weighted by Crippen LogP contribution is -2.53. The average molecular weight is 493 g/mol. The van der Waals surface area contributed by atoms with Gasteiger partial charge < -0.3 is 16.0 Å². The Balaban J connectivity index is 0.983. The van der Waals surface area contributed by atoms with Crippen molar-refractivity contribution in [1.82, 2.24) is 10.2 Å². The van der Waals surface area contributed by atoms with Crippen molar-refractivity contribution in [2.24, 2.45) is 23.2 Å². The summed E-state index contributed by atoms with van der Waals surface area (Å²) in [5.74, 6) is 2.70. The Bertz CT molecular complexity index is 875. The smallest absolute Gasteiger partial charge is 0.398 e. The van der Waals surface area contributed by atoms with Crippen LogP contribution in [0.3, 0.4) is 0 Å². The molecule has 0 atom stereocenters. The van der Waals surface area contributed by atoms with Crippen LogP contribution in [0.4, 0.5) is 24.5 Å². The maximum Gasteiger partial charge on any atom is 0.418 e. The van der Waals surface area contributed by atoms with Crippen LogP contribution in [0.5, 0.6) is 0 Å². The van der Waals surface area contributed by atoms with Crippen molar-refractivity contribution in [3.05, 3.63) is 23.8 Å². The zero-order chi connectivity index (χ0) is 24.6. The standard InChI is InChI=1S/C27H39F3N4O/c28-27(29,30)23-15-22(4-5-24(23)31)34-10-8-33(9-11-34)7-3-1-2-6-32-25(35)26-16-19-12-20(17-26)14-21(13-19)18-26/h4-5,15,19-21H,1-3,6-14,16-18,31H2,(H,32,35). The lowest BCUT2D eigenvalue weighted by atomic mass is 9.49. The average Bonchev–Trinajstić information content (AvgIpc) is 2.80. The zero-order valence-corrected chi connectivity index (χ0v) is 20.6. The number of halogens is 3. The van der Waals surface area contributed by atoms with Crippen molar-refractivity contribution in [3.8, 4) is 0 Å². The molecule has 5 nitrogen and oxygen atoms in total. The van der Waals surface area contributed by atoms with Gasteiger partial charge in [0.1, 0.15) is 0 Å². The number of anilines is 2. The van der Waals surface area contributed by atoms with E-state index in [0.717, 1.165) is 82.5 Å². The Morgan fingerprint density at radius 2 is 1.60 bits per heavy atom. The van der Waals surface area contributed by atoms with Crippen LogP contribution < -0.4 is 16.0 Å². The van der Waals surface area contributed by atoms with E-state index in [9.17, 15) is 18.0 Å². The van der Waals surface area contributed by atoms with Crippen LogP contribution >= 0.6 is 0 Å². The normalized spacial score (nSPS) is 30.6. The summed E-state index contributed by atoms with van der Waals surface area (Å²) in [5, 5.41) is 3.27. The number of carbonyl (C=O) groups excluding carboxylic acids is 1. The van der Waals surface area contributed by atoms with E-state index in [-0.39, 0.29) is 11.1 Å². The molecule has 35 heavy (non-hydrogen) atoms. The lowest BCUT2D eigenvalue weighted by molar-refractivity contribution is -0.146. The molecule has 5 fully saturated rings. The van der Waals surface area contributed by atoms with E-state index in [0.29, 0.717) is 24.7 Å². The summed E-state index contributed by atoms with van der Waals surface area (Å²) in [6.07, 6.45) is 6.14. The van der Waals surface area contributed by atoms with E-state index in [2.05, 4.69) is 10.2 Å². The van der Waals surface area contributed by atoms with Crippen molar-refractivity contribution >= 4 is 17.3 Å². The molecule has 8 heteroatoms. The Kier molecular flexibility index (Phi) is 6.94. The SMILES string of the molecule is Nc1ccc(N2CCN(CCCCCNC(=O)C34CC5CC(CC(C5)C3)C4)CC2)cc1C(F)(F)F. The third kappa shape index (κ3) is 5.42. The molecule has 0 radical (unpaired) electrons. The number of nitrogen functional groups attached to an aromatic ring is 1. The minimum Gasteiger partial charge on any atom is -0.398 e. The molecule has 6 rings (SSSR count). The summed E-state index contributed by atoms with van der Waals surface area (Å²) in [4.78, 5) is 17.4. The van der Waals surface area contributed by atoms with E-state index in [1.807, 2.05) is 4.90 Å². The highest BCUT2D eigenvalue weighted by Gasteiger charge is 2.54. The summed E-state index contributed by atoms with van der Waals surface area (Å²) in [6, 6.07) is 4.20. The Hall–Kier alpha value is -1.96. The molecule has 3 N–H and O–H groups in total. The van der Waals surface area contributed by atoms with Crippen LogP contribution in [0, 0.1) is 23.2 Å². The molecule has 0 spiro atoms. The summed E-state index contributed by atoms with van der Waals surface area (Å²) < 4.78 is 39.5. The van der Waals surface area contributed by atoms with Gasteiger partial charge in [0.15, 0.2) is 0 Å². The molecule has 1 aliphatic heterocycles. The van der Waals surface area contributed by atoms with Crippen molar-refractivity contribution in [2.75, 3.05) is 49.9 Å². The molecule has 0 unspecified atom stereocenters. The van der Waals surface area contributed by atoms with Crippen LogP contribution in [-0.4, -0.2) is 50.1 Å². The van der Waals surface area contributed by atoms with Crippen molar-refractivity contribution in [1.29, 1.82) is 0 Å².